The van der Waals surface area contributed by atoms with Gasteiger partial charge >= 0.3 is 6.03 Å². The molecule has 0 unspecified atom stereocenters. The molecule has 0 radical (unpaired) electrons. The van der Waals surface area contributed by atoms with Crippen LogP contribution < -0.4 is 4.90 Å². The lowest BCUT2D eigenvalue weighted by Gasteiger charge is -2.29. The number of hydrogen-bond donors (Lipinski definition) is 0. The zero-order valence-corrected chi connectivity index (χ0v) is 16.1. The molecule has 0 saturated carbocycles. The van der Waals surface area contributed by atoms with Crippen LogP contribution >= 0.6 is 0 Å². The number of hydrogen-bond acceptors (Lipinski definition) is 2. The second kappa shape index (κ2) is 9.17. The Kier molecular flexibility index (Phi) is 5.98. The Morgan fingerprint density at radius 1 is 0.759 bits per heavy atom. The largest absolute Gasteiger partial charge is 0.378 e. The van der Waals surface area contributed by atoms with Crippen LogP contribution in [-0.4, -0.2) is 43.1 Å². The quantitative estimate of drug-likeness (QED) is 0.484. The van der Waals surface area contributed by atoms with Gasteiger partial charge in [0, 0.05) is 30.0 Å². The van der Waals surface area contributed by atoms with Crippen molar-refractivity contribution in [1.29, 1.82) is 0 Å². The molecule has 0 bridgehead atoms. The highest BCUT2D eigenvalue weighted by Crippen LogP contribution is 2.28. The number of amidine groups is 1. The molecule has 4 rings (SSSR count). The van der Waals surface area contributed by atoms with E-state index in [9.17, 15) is 4.79 Å². The van der Waals surface area contributed by atoms with E-state index in [-0.39, 0.29) is 6.03 Å². The minimum absolute atomic E-state index is 0.246. The van der Waals surface area contributed by atoms with E-state index < -0.39 is 0 Å². The molecule has 1 aliphatic heterocycles. The summed E-state index contributed by atoms with van der Waals surface area (Å²) < 4.78 is 5.37. The van der Waals surface area contributed by atoms with Crippen LogP contribution in [0.15, 0.2) is 96.0 Å². The molecule has 5 heteroatoms. The molecule has 2 amide bonds. The Bertz CT molecular complexity index is 914. The van der Waals surface area contributed by atoms with Crippen LogP contribution in [-0.2, 0) is 4.74 Å². The zero-order valence-electron chi connectivity index (χ0n) is 16.1. The van der Waals surface area contributed by atoms with E-state index >= 15 is 0 Å². The fourth-order valence-electron chi connectivity index (χ4n) is 3.29. The molecule has 0 aromatic heterocycles. The summed E-state index contributed by atoms with van der Waals surface area (Å²) in [6.07, 6.45) is 0. The van der Waals surface area contributed by atoms with Crippen LogP contribution in [0.5, 0.6) is 0 Å². The number of ether oxygens (including phenoxy) is 1. The van der Waals surface area contributed by atoms with Gasteiger partial charge in [-0.15, -0.1) is 0 Å². The maximum absolute atomic E-state index is 13.0. The minimum atomic E-state index is -0.246. The summed E-state index contributed by atoms with van der Waals surface area (Å²) in [4.78, 5) is 21.4. The van der Waals surface area contributed by atoms with Gasteiger partial charge in [0.1, 0.15) is 0 Å². The Morgan fingerprint density at radius 2 is 1.24 bits per heavy atom. The number of aliphatic imine (C=N–C) groups is 1. The first-order valence-corrected chi connectivity index (χ1v) is 9.74. The van der Waals surface area contributed by atoms with Crippen LogP contribution in [0.4, 0.5) is 16.2 Å². The van der Waals surface area contributed by atoms with Crippen molar-refractivity contribution in [2.45, 2.75) is 0 Å². The van der Waals surface area contributed by atoms with Gasteiger partial charge in [0.15, 0.2) is 5.84 Å². The van der Waals surface area contributed by atoms with Gasteiger partial charge < -0.3 is 9.64 Å². The van der Waals surface area contributed by atoms with Crippen LogP contribution in [0, 0.1) is 0 Å². The van der Waals surface area contributed by atoms with E-state index in [2.05, 4.69) is 4.99 Å². The molecular formula is C24H23N3O2. The number of nitrogens with zero attached hydrogens (tertiary/aromatic N) is 3. The molecule has 3 aromatic rings. The van der Waals surface area contributed by atoms with Crippen molar-refractivity contribution in [1.82, 2.24) is 4.90 Å². The molecule has 0 aliphatic carbocycles. The molecule has 29 heavy (non-hydrogen) atoms. The lowest BCUT2D eigenvalue weighted by molar-refractivity contribution is 0.0555. The van der Waals surface area contributed by atoms with Crippen LogP contribution in [0.25, 0.3) is 0 Å². The van der Waals surface area contributed by atoms with Crippen LogP contribution in [0.1, 0.15) is 5.56 Å². The first-order chi connectivity index (χ1) is 14.3. The number of benzene rings is 3. The summed E-state index contributed by atoms with van der Waals surface area (Å²) in [7, 11) is 0. The highest BCUT2D eigenvalue weighted by Gasteiger charge is 2.22. The van der Waals surface area contributed by atoms with Crippen LogP contribution in [0.2, 0.25) is 0 Å². The summed E-state index contributed by atoms with van der Waals surface area (Å²) in [6, 6.07) is 29.5. The average Bonchev–Trinajstić information content (AvgIpc) is 2.81. The van der Waals surface area contributed by atoms with Gasteiger partial charge in [-0.1, -0.05) is 66.7 Å². The molecule has 0 spiro atoms. The number of anilines is 2. The molecule has 1 fully saturated rings. The Balaban J connectivity index is 1.83. The minimum Gasteiger partial charge on any atom is -0.378 e. The average molecular weight is 385 g/mol. The third kappa shape index (κ3) is 4.52. The predicted octanol–water partition coefficient (Wildman–Crippen LogP) is 4.72. The summed E-state index contributed by atoms with van der Waals surface area (Å²) in [6.45, 7) is 2.20. The van der Waals surface area contributed by atoms with Gasteiger partial charge in [-0.3, -0.25) is 4.90 Å². The predicted molar refractivity (Wildman–Crippen MR) is 116 cm³/mol. The number of morpholine rings is 1. The van der Waals surface area contributed by atoms with E-state index in [1.165, 1.54) is 0 Å². The Labute approximate surface area is 170 Å². The number of amides is 2. The molecule has 1 aliphatic rings. The van der Waals surface area contributed by atoms with Crippen molar-refractivity contribution < 1.29 is 9.53 Å². The number of urea groups is 1. The van der Waals surface area contributed by atoms with E-state index in [1.54, 1.807) is 4.90 Å². The molecule has 0 atom stereocenters. The third-order valence-electron chi connectivity index (χ3n) is 4.76. The maximum atomic E-state index is 13.0. The number of carbonyl (C=O) groups is 1. The summed E-state index contributed by atoms with van der Waals surface area (Å²) in [5, 5.41) is 0. The Morgan fingerprint density at radius 3 is 1.76 bits per heavy atom. The molecule has 1 saturated heterocycles. The van der Waals surface area contributed by atoms with Gasteiger partial charge in [0.2, 0.25) is 0 Å². The smallest absolute Gasteiger partial charge is 0.345 e. The highest BCUT2D eigenvalue weighted by atomic mass is 16.5. The first-order valence-electron chi connectivity index (χ1n) is 9.74. The lowest BCUT2D eigenvalue weighted by atomic mass is 10.1. The molecule has 0 N–H and O–H groups in total. The fraction of sp³-hybridized carbons (Fsp3) is 0.167. The summed E-state index contributed by atoms with van der Waals surface area (Å²) in [5.74, 6) is 0.597. The normalized spacial score (nSPS) is 14.5. The van der Waals surface area contributed by atoms with Crippen molar-refractivity contribution >= 4 is 23.2 Å². The van der Waals surface area contributed by atoms with E-state index in [4.69, 9.17) is 4.74 Å². The standard InChI is InChI=1S/C24H23N3O2/c28-24(26-16-18-29-19-17-26)25-23(20-10-4-1-5-11-20)27(21-12-6-2-7-13-21)22-14-8-3-9-15-22/h1-15H,16-19H2/b25-23+. The number of carbonyl (C=O) groups excluding carboxylic acids is 1. The molecule has 1 heterocycles. The second-order valence-electron chi connectivity index (χ2n) is 6.69. The second-order valence-corrected chi connectivity index (χ2v) is 6.69. The van der Waals surface area contributed by atoms with Crippen molar-refractivity contribution in [2.75, 3.05) is 31.2 Å². The molecule has 146 valence electrons. The fourth-order valence-corrected chi connectivity index (χ4v) is 3.29. The maximum Gasteiger partial charge on any atom is 0.345 e. The monoisotopic (exact) mass is 385 g/mol. The van der Waals surface area contributed by atoms with Gasteiger partial charge in [0.25, 0.3) is 0 Å². The topological polar surface area (TPSA) is 45.1 Å². The van der Waals surface area contributed by atoms with Gasteiger partial charge in [-0.2, -0.15) is 4.99 Å². The van der Waals surface area contributed by atoms with Gasteiger partial charge in [-0.25, -0.2) is 4.79 Å². The SMILES string of the molecule is O=C(/N=C(\c1ccccc1)N(c1ccccc1)c1ccccc1)N1CCOCC1. The number of para-hydroxylation sites is 2. The van der Waals surface area contributed by atoms with E-state index in [1.807, 2.05) is 95.9 Å². The van der Waals surface area contributed by atoms with Crippen molar-refractivity contribution in [3.05, 3.63) is 96.6 Å². The Hall–Kier alpha value is -3.44. The summed E-state index contributed by atoms with van der Waals surface area (Å²) >= 11 is 0. The summed E-state index contributed by atoms with van der Waals surface area (Å²) in [5.41, 5.74) is 2.76. The lowest BCUT2D eigenvalue weighted by Crippen LogP contribution is -2.40. The van der Waals surface area contributed by atoms with Crippen LogP contribution in [0.3, 0.4) is 0 Å². The van der Waals surface area contributed by atoms with E-state index in [0.717, 1.165) is 16.9 Å². The van der Waals surface area contributed by atoms with Crippen molar-refractivity contribution in [3.8, 4) is 0 Å². The number of rotatable bonds is 3. The third-order valence-corrected chi connectivity index (χ3v) is 4.76. The molecular weight excluding hydrogens is 362 g/mol. The molecule has 5 nitrogen and oxygen atoms in total. The van der Waals surface area contributed by atoms with Gasteiger partial charge in [0.05, 0.1) is 13.2 Å². The van der Waals surface area contributed by atoms with E-state index in [0.29, 0.717) is 32.1 Å². The van der Waals surface area contributed by atoms with Crippen molar-refractivity contribution in [2.24, 2.45) is 4.99 Å². The van der Waals surface area contributed by atoms with Gasteiger partial charge in [-0.05, 0) is 24.3 Å². The van der Waals surface area contributed by atoms with Crippen molar-refractivity contribution in [3.63, 3.8) is 0 Å². The zero-order chi connectivity index (χ0) is 19.9. The highest BCUT2D eigenvalue weighted by molar-refractivity contribution is 6.17. The first kappa shape index (κ1) is 18.9. The molecule has 3 aromatic carbocycles.